The topological polar surface area (TPSA) is 46.3 Å². The lowest BCUT2D eigenvalue weighted by Crippen LogP contribution is -2.25. The van der Waals surface area contributed by atoms with Crippen LogP contribution in [0.2, 0.25) is 0 Å². The van der Waals surface area contributed by atoms with E-state index < -0.39 is 23.9 Å². The van der Waals surface area contributed by atoms with Crippen molar-refractivity contribution in [2.75, 3.05) is 0 Å². The molecule has 0 aromatic carbocycles. The van der Waals surface area contributed by atoms with Crippen LogP contribution in [0.1, 0.15) is 62.5 Å². The third kappa shape index (κ3) is 2.61. The highest BCUT2D eigenvalue weighted by molar-refractivity contribution is 5.62. The first-order valence-corrected chi connectivity index (χ1v) is 6.85. The summed E-state index contributed by atoms with van der Waals surface area (Å²) < 4.78 is 43.7. The van der Waals surface area contributed by atoms with Gasteiger partial charge in [-0.2, -0.15) is 13.2 Å². The molecule has 6 heteroatoms. The van der Waals surface area contributed by atoms with Crippen LogP contribution in [0.25, 0.3) is 6.08 Å². The second-order valence-electron chi connectivity index (χ2n) is 5.12. The molecule has 0 amide bonds. The van der Waals surface area contributed by atoms with E-state index in [9.17, 15) is 18.3 Å². The summed E-state index contributed by atoms with van der Waals surface area (Å²) in [6, 6.07) is 0. The SMILES string of the molecule is CCCC1=Cc2c(C(F)(F)F)noc2C(CCC)C1O. The lowest BCUT2D eigenvalue weighted by Gasteiger charge is -2.27. The number of fused-ring (bicyclic) bond motifs is 1. The van der Waals surface area contributed by atoms with Crippen LogP contribution < -0.4 is 0 Å². The number of hydrogen-bond donors (Lipinski definition) is 1. The van der Waals surface area contributed by atoms with E-state index in [4.69, 9.17) is 4.52 Å². The molecule has 0 bridgehead atoms. The minimum Gasteiger partial charge on any atom is -0.388 e. The van der Waals surface area contributed by atoms with Gasteiger partial charge >= 0.3 is 6.18 Å². The van der Waals surface area contributed by atoms with Gasteiger partial charge < -0.3 is 9.63 Å². The minimum atomic E-state index is -4.54. The van der Waals surface area contributed by atoms with Crippen molar-refractivity contribution in [1.29, 1.82) is 0 Å². The molecule has 1 aromatic heterocycles. The van der Waals surface area contributed by atoms with E-state index in [1.807, 2.05) is 13.8 Å². The molecule has 112 valence electrons. The Labute approximate surface area is 115 Å². The largest absolute Gasteiger partial charge is 0.437 e. The number of halogens is 3. The van der Waals surface area contributed by atoms with Gasteiger partial charge in [-0.05, 0) is 24.5 Å². The van der Waals surface area contributed by atoms with Gasteiger partial charge in [0.05, 0.1) is 17.6 Å². The van der Waals surface area contributed by atoms with Crippen LogP contribution in [-0.2, 0) is 6.18 Å². The number of hydrogen-bond acceptors (Lipinski definition) is 3. The minimum absolute atomic E-state index is 0.00954. The fraction of sp³-hybridized carbons (Fsp3) is 0.643. The van der Waals surface area contributed by atoms with Gasteiger partial charge in [0.1, 0.15) is 0 Å². The van der Waals surface area contributed by atoms with Gasteiger partial charge in [-0.25, -0.2) is 0 Å². The highest BCUT2D eigenvalue weighted by Crippen LogP contribution is 2.43. The Balaban J connectivity index is 2.51. The molecule has 2 rings (SSSR count). The predicted molar refractivity (Wildman–Crippen MR) is 68.0 cm³/mol. The Bertz CT molecular complexity index is 505. The molecule has 0 aliphatic heterocycles. The molecule has 1 aliphatic rings. The van der Waals surface area contributed by atoms with Crippen LogP contribution in [-0.4, -0.2) is 16.4 Å². The molecule has 0 spiro atoms. The first-order chi connectivity index (χ1) is 9.40. The number of nitrogens with zero attached hydrogens (tertiary/aromatic N) is 1. The van der Waals surface area contributed by atoms with Crippen molar-refractivity contribution >= 4 is 6.08 Å². The van der Waals surface area contributed by atoms with Gasteiger partial charge in [-0.1, -0.05) is 31.8 Å². The average Bonchev–Trinajstić information content (AvgIpc) is 2.78. The summed E-state index contributed by atoms with van der Waals surface area (Å²) in [5.41, 5.74) is -0.369. The fourth-order valence-electron chi connectivity index (χ4n) is 2.70. The Hall–Kier alpha value is -1.30. The van der Waals surface area contributed by atoms with Crippen LogP contribution in [0.15, 0.2) is 10.1 Å². The molecule has 0 fully saturated rings. The van der Waals surface area contributed by atoms with Gasteiger partial charge in [-0.3, -0.25) is 0 Å². The summed E-state index contributed by atoms with van der Waals surface area (Å²) in [4.78, 5) is 0. The molecule has 1 aliphatic carbocycles. The number of aliphatic hydroxyl groups is 1. The van der Waals surface area contributed by atoms with E-state index in [1.54, 1.807) is 0 Å². The molecular formula is C14H18F3NO2. The first kappa shape index (κ1) is 15.1. The van der Waals surface area contributed by atoms with Gasteiger partial charge in [0.25, 0.3) is 0 Å². The van der Waals surface area contributed by atoms with Crippen molar-refractivity contribution in [3.05, 3.63) is 22.6 Å². The summed E-state index contributed by atoms with van der Waals surface area (Å²) in [6.45, 7) is 3.85. The number of alkyl halides is 3. The quantitative estimate of drug-likeness (QED) is 0.906. The Morgan fingerprint density at radius 2 is 2.00 bits per heavy atom. The molecule has 0 saturated heterocycles. The molecule has 2 atom stereocenters. The van der Waals surface area contributed by atoms with Crippen molar-refractivity contribution < 1.29 is 22.8 Å². The molecule has 0 saturated carbocycles. The van der Waals surface area contributed by atoms with Crippen LogP contribution in [0, 0.1) is 0 Å². The zero-order chi connectivity index (χ0) is 14.9. The number of aliphatic hydroxyl groups excluding tert-OH is 1. The molecule has 2 unspecified atom stereocenters. The summed E-state index contributed by atoms with van der Waals surface area (Å²) in [5, 5.41) is 13.5. The predicted octanol–water partition coefficient (Wildman–Crippen LogP) is 4.14. The van der Waals surface area contributed by atoms with Crippen molar-refractivity contribution in [3.8, 4) is 0 Å². The highest BCUT2D eigenvalue weighted by atomic mass is 19.4. The molecule has 1 N–H and O–H groups in total. The van der Waals surface area contributed by atoms with Gasteiger partial charge in [0.2, 0.25) is 0 Å². The summed E-state index contributed by atoms with van der Waals surface area (Å²) in [6.07, 6.45) is -1.26. The number of aromatic nitrogens is 1. The Morgan fingerprint density at radius 3 is 2.55 bits per heavy atom. The monoisotopic (exact) mass is 289 g/mol. The lowest BCUT2D eigenvalue weighted by molar-refractivity contribution is -0.142. The molecule has 3 nitrogen and oxygen atoms in total. The van der Waals surface area contributed by atoms with Crippen molar-refractivity contribution in [3.63, 3.8) is 0 Å². The molecule has 1 aromatic rings. The summed E-state index contributed by atoms with van der Waals surface area (Å²) in [7, 11) is 0. The maximum Gasteiger partial charge on any atom is 0.437 e. The molecule has 1 heterocycles. The van der Waals surface area contributed by atoms with Crippen molar-refractivity contribution in [1.82, 2.24) is 5.16 Å². The summed E-state index contributed by atoms with van der Waals surface area (Å²) >= 11 is 0. The zero-order valence-corrected chi connectivity index (χ0v) is 11.5. The number of rotatable bonds is 4. The zero-order valence-electron chi connectivity index (χ0n) is 11.5. The third-order valence-corrected chi connectivity index (χ3v) is 3.59. The van der Waals surface area contributed by atoms with Crippen LogP contribution in [0.3, 0.4) is 0 Å². The van der Waals surface area contributed by atoms with Crippen molar-refractivity contribution in [2.45, 2.75) is 57.7 Å². The van der Waals surface area contributed by atoms with E-state index >= 15 is 0 Å². The van der Waals surface area contributed by atoms with E-state index in [0.717, 1.165) is 12.8 Å². The van der Waals surface area contributed by atoms with E-state index in [1.165, 1.54) is 6.08 Å². The summed E-state index contributed by atoms with van der Waals surface area (Å²) in [5.74, 6) is -0.281. The van der Waals surface area contributed by atoms with E-state index in [2.05, 4.69) is 5.16 Å². The van der Waals surface area contributed by atoms with Gasteiger partial charge in [-0.15, -0.1) is 0 Å². The molecule has 0 radical (unpaired) electrons. The lowest BCUT2D eigenvalue weighted by atomic mass is 9.81. The Kier molecular flexibility index (Phi) is 4.22. The standard InChI is InChI=1S/C14H18F3NO2/c1-3-5-8-7-10-12(9(6-4-2)11(8)19)20-18-13(10)14(15,16)17/h7,9,11,19H,3-6H2,1-2H3. The van der Waals surface area contributed by atoms with Crippen LogP contribution >= 0.6 is 0 Å². The van der Waals surface area contributed by atoms with Crippen LogP contribution in [0.5, 0.6) is 0 Å². The maximum absolute atomic E-state index is 12.9. The Morgan fingerprint density at radius 1 is 1.30 bits per heavy atom. The highest BCUT2D eigenvalue weighted by Gasteiger charge is 2.43. The molecule has 20 heavy (non-hydrogen) atoms. The van der Waals surface area contributed by atoms with Crippen LogP contribution in [0.4, 0.5) is 13.2 Å². The van der Waals surface area contributed by atoms with E-state index in [0.29, 0.717) is 18.4 Å². The fourth-order valence-corrected chi connectivity index (χ4v) is 2.70. The molecular weight excluding hydrogens is 271 g/mol. The van der Waals surface area contributed by atoms with E-state index in [-0.39, 0.29) is 11.3 Å². The second-order valence-corrected chi connectivity index (χ2v) is 5.12. The first-order valence-electron chi connectivity index (χ1n) is 6.85. The van der Waals surface area contributed by atoms with Gasteiger partial charge in [0.15, 0.2) is 11.5 Å². The van der Waals surface area contributed by atoms with Gasteiger partial charge in [0, 0.05) is 0 Å². The average molecular weight is 289 g/mol. The third-order valence-electron chi connectivity index (χ3n) is 3.59. The second kappa shape index (κ2) is 5.60. The smallest absolute Gasteiger partial charge is 0.388 e. The van der Waals surface area contributed by atoms with Crippen molar-refractivity contribution in [2.24, 2.45) is 0 Å². The maximum atomic E-state index is 12.9. The normalized spacial score (nSPS) is 22.6.